The van der Waals surface area contributed by atoms with Crippen LogP contribution in [0.1, 0.15) is 44.0 Å². The zero-order chi connectivity index (χ0) is 27.9. The van der Waals surface area contributed by atoms with E-state index in [4.69, 9.17) is 4.74 Å². The summed E-state index contributed by atoms with van der Waals surface area (Å²) in [5.74, 6) is -0.0834. The molecule has 0 N–H and O–H groups in total. The zero-order valence-electron chi connectivity index (χ0n) is 23.3. The lowest BCUT2D eigenvalue weighted by Crippen LogP contribution is -2.43. The Hall–Kier alpha value is -3.01. The van der Waals surface area contributed by atoms with E-state index >= 15 is 0 Å². The second-order valence-electron chi connectivity index (χ2n) is 11.4. The van der Waals surface area contributed by atoms with Crippen LogP contribution in [0.3, 0.4) is 0 Å². The van der Waals surface area contributed by atoms with Crippen molar-refractivity contribution in [2.24, 2.45) is 5.41 Å². The third-order valence-electron chi connectivity index (χ3n) is 6.74. The smallest absolute Gasteiger partial charge is 0.228 e. The van der Waals surface area contributed by atoms with Crippen molar-refractivity contribution in [1.29, 1.82) is 0 Å². The van der Waals surface area contributed by atoms with E-state index in [1.165, 1.54) is 0 Å². The Morgan fingerprint density at radius 1 is 0.974 bits per heavy atom. The first-order chi connectivity index (χ1) is 18.6. The minimum Gasteiger partial charge on any atom is -0.379 e. The van der Waals surface area contributed by atoms with Crippen molar-refractivity contribution in [1.82, 2.24) is 19.4 Å². The Kier molecular flexibility index (Phi) is 9.58. The maximum absolute atomic E-state index is 13.6. The third kappa shape index (κ3) is 8.49. The van der Waals surface area contributed by atoms with Crippen molar-refractivity contribution in [3.63, 3.8) is 0 Å². The van der Waals surface area contributed by atoms with Gasteiger partial charge in [0.15, 0.2) is 0 Å². The quantitative estimate of drug-likeness (QED) is 0.358. The number of hydrogen-bond acceptors (Lipinski definition) is 6. The van der Waals surface area contributed by atoms with Gasteiger partial charge in [-0.05, 0) is 16.5 Å². The summed E-state index contributed by atoms with van der Waals surface area (Å²) in [6.45, 7) is 11.2. The highest BCUT2D eigenvalue weighted by atomic mass is 32.2. The molecule has 9 heteroatoms. The van der Waals surface area contributed by atoms with Gasteiger partial charge in [-0.1, -0.05) is 81.4 Å². The highest BCUT2D eigenvalue weighted by molar-refractivity contribution is 7.90. The van der Waals surface area contributed by atoms with Crippen LogP contribution in [0.5, 0.6) is 0 Å². The van der Waals surface area contributed by atoms with Crippen molar-refractivity contribution >= 4 is 15.7 Å². The Morgan fingerprint density at radius 2 is 1.59 bits per heavy atom. The summed E-state index contributed by atoms with van der Waals surface area (Å²) in [5, 5.41) is 0.0293. The number of benzene rings is 2. The first-order valence-corrected chi connectivity index (χ1v) is 15.2. The van der Waals surface area contributed by atoms with E-state index in [0.29, 0.717) is 50.5 Å². The van der Waals surface area contributed by atoms with Gasteiger partial charge in [0.2, 0.25) is 20.9 Å². The van der Waals surface area contributed by atoms with E-state index in [-0.39, 0.29) is 22.2 Å². The average Bonchev–Trinajstić information content (AvgIpc) is 3.30. The molecular formula is C30H40N4O4S. The van der Waals surface area contributed by atoms with Gasteiger partial charge in [0.05, 0.1) is 43.9 Å². The molecule has 1 aliphatic rings. The van der Waals surface area contributed by atoms with Crippen LogP contribution in [0.25, 0.3) is 0 Å². The molecule has 3 aromatic rings. The first kappa shape index (κ1) is 29.0. The lowest BCUT2D eigenvalue weighted by atomic mass is 9.91. The molecule has 0 unspecified atom stereocenters. The summed E-state index contributed by atoms with van der Waals surface area (Å²) in [5.41, 5.74) is 2.22. The average molecular weight is 553 g/mol. The number of hydrogen-bond donors (Lipinski definition) is 0. The van der Waals surface area contributed by atoms with Crippen LogP contribution < -0.4 is 0 Å². The number of nitrogens with zero attached hydrogens (tertiary/aromatic N) is 4. The van der Waals surface area contributed by atoms with Crippen LogP contribution in [0.2, 0.25) is 0 Å². The molecule has 1 amide bonds. The van der Waals surface area contributed by atoms with Crippen LogP contribution in [0, 0.1) is 5.41 Å². The second-order valence-corrected chi connectivity index (χ2v) is 13.2. The summed E-state index contributed by atoms with van der Waals surface area (Å²) >= 11 is 0. The highest BCUT2D eigenvalue weighted by Crippen LogP contribution is 2.23. The number of rotatable bonds is 11. The predicted molar refractivity (Wildman–Crippen MR) is 152 cm³/mol. The molecule has 210 valence electrons. The van der Waals surface area contributed by atoms with Crippen molar-refractivity contribution < 1.29 is 17.9 Å². The monoisotopic (exact) mass is 552 g/mol. The molecule has 1 aromatic heterocycles. The number of ether oxygens (including phenoxy) is 1. The minimum absolute atomic E-state index is 0.0293. The van der Waals surface area contributed by atoms with Gasteiger partial charge in [-0.25, -0.2) is 13.4 Å². The second kappa shape index (κ2) is 12.9. The van der Waals surface area contributed by atoms with Crippen molar-refractivity contribution in [3.8, 4) is 0 Å². The van der Waals surface area contributed by atoms with Gasteiger partial charge >= 0.3 is 0 Å². The molecule has 39 heavy (non-hydrogen) atoms. The summed E-state index contributed by atoms with van der Waals surface area (Å²) in [6, 6.07) is 18.9. The van der Waals surface area contributed by atoms with Crippen LogP contribution in [-0.2, 0) is 38.2 Å². The molecule has 2 heterocycles. The molecule has 1 fully saturated rings. The number of imidazole rings is 1. The number of amides is 1. The van der Waals surface area contributed by atoms with E-state index in [1.54, 1.807) is 10.8 Å². The third-order valence-corrected chi connectivity index (χ3v) is 8.34. The molecule has 0 bridgehead atoms. The first-order valence-electron chi connectivity index (χ1n) is 13.5. The molecule has 2 aromatic carbocycles. The number of sulfone groups is 1. The topological polar surface area (TPSA) is 84.7 Å². The number of carbonyl (C=O) groups excluding carboxylic acids is 1. The van der Waals surface area contributed by atoms with E-state index in [9.17, 15) is 13.2 Å². The van der Waals surface area contributed by atoms with Gasteiger partial charge in [-0.2, -0.15) is 0 Å². The van der Waals surface area contributed by atoms with Gasteiger partial charge in [0, 0.05) is 32.6 Å². The van der Waals surface area contributed by atoms with Crippen molar-refractivity contribution in [2.45, 2.75) is 51.2 Å². The summed E-state index contributed by atoms with van der Waals surface area (Å²) < 4.78 is 34.4. The molecule has 0 saturated carbocycles. The summed E-state index contributed by atoms with van der Waals surface area (Å²) in [6.07, 6.45) is 2.02. The number of carbonyl (C=O) groups is 1. The maximum atomic E-state index is 13.6. The molecule has 0 aliphatic carbocycles. The maximum Gasteiger partial charge on any atom is 0.228 e. The van der Waals surface area contributed by atoms with Crippen LogP contribution in [-0.4, -0.2) is 73.1 Å². The standard InChI is InChI=1S/C30H40N4O4S/c1-30(2,3)20-28(35)33(15-14-32-16-18-38-19-17-32)23-27-21-31-29(34(27)22-25-10-6-4-7-11-25)39(36,37)24-26-12-8-5-9-13-26/h4-13,21H,14-20,22-24H2,1-3H3. The largest absolute Gasteiger partial charge is 0.379 e. The van der Waals surface area contributed by atoms with Crippen LogP contribution >= 0.6 is 0 Å². The normalized spacial score (nSPS) is 14.8. The number of morpholine rings is 1. The Bertz CT molecular complexity index is 1310. The number of aromatic nitrogens is 2. The molecule has 1 saturated heterocycles. The lowest BCUT2D eigenvalue weighted by molar-refractivity contribution is -0.134. The molecule has 0 radical (unpaired) electrons. The highest BCUT2D eigenvalue weighted by Gasteiger charge is 2.27. The molecule has 4 rings (SSSR count). The van der Waals surface area contributed by atoms with Gasteiger partial charge in [0.25, 0.3) is 0 Å². The fraction of sp³-hybridized carbons (Fsp3) is 0.467. The lowest BCUT2D eigenvalue weighted by Gasteiger charge is -2.31. The van der Waals surface area contributed by atoms with Gasteiger partial charge < -0.3 is 14.2 Å². The summed E-state index contributed by atoms with van der Waals surface area (Å²) in [7, 11) is -3.73. The Morgan fingerprint density at radius 3 is 2.21 bits per heavy atom. The van der Waals surface area contributed by atoms with E-state index in [0.717, 1.165) is 25.2 Å². The van der Waals surface area contributed by atoms with Crippen molar-refractivity contribution in [2.75, 3.05) is 39.4 Å². The van der Waals surface area contributed by atoms with Crippen LogP contribution in [0.15, 0.2) is 72.0 Å². The molecule has 0 atom stereocenters. The Balaban J connectivity index is 1.64. The van der Waals surface area contributed by atoms with Crippen molar-refractivity contribution in [3.05, 3.63) is 83.7 Å². The SMILES string of the molecule is CC(C)(C)CC(=O)N(CCN1CCOCC1)Cc1cnc(S(=O)(=O)Cc2ccccc2)n1Cc1ccccc1. The van der Waals surface area contributed by atoms with Gasteiger partial charge in [-0.3, -0.25) is 9.69 Å². The molecule has 0 spiro atoms. The molecular weight excluding hydrogens is 512 g/mol. The van der Waals surface area contributed by atoms with Gasteiger partial charge in [0.1, 0.15) is 0 Å². The fourth-order valence-corrected chi connectivity index (χ4v) is 6.19. The predicted octanol–water partition coefficient (Wildman–Crippen LogP) is 4.00. The van der Waals surface area contributed by atoms with E-state index < -0.39 is 9.84 Å². The molecule has 1 aliphatic heterocycles. The van der Waals surface area contributed by atoms with E-state index in [2.05, 4.69) is 30.7 Å². The molecule has 8 nitrogen and oxygen atoms in total. The van der Waals surface area contributed by atoms with Crippen LogP contribution in [0.4, 0.5) is 0 Å². The minimum atomic E-state index is -3.73. The zero-order valence-corrected chi connectivity index (χ0v) is 24.1. The Labute approximate surface area is 232 Å². The summed E-state index contributed by atoms with van der Waals surface area (Å²) in [4.78, 5) is 22.1. The van der Waals surface area contributed by atoms with E-state index in [1.807, 2.05) is 65.6 Å². The fourth-order valence-electron chi connectivity index (χ4n) is 4.70. The van der Waals surface area contributed by atoms with Gasteiger partial charge in [-0.15, -0.1) is 0 Å².